The SMILES string of the molecule is COC(=O)c1ccccc1[S].Cl.F.F.F.F. The summed E-state index contributed by atoms with van der Waals surface area (Å²) in [4.78, 5) is 11.5. The van der Waals surface area contributed by atoms with Gasteiger partial charge in [-0.2, -0.15) is 0 Å². The second-order valence-corrected chi connectivity index (χ2v) is 2.43. The molecule has 0 aliphatic rings. The molecular formula is C8H12ClF4O2S. The lowest BCUT2D eigenvalue weighted by molar-refractivity contribution is 0.0597. The highest BCUT2D eigenvalue weighted by Crippen LogP contribution is 2.13. The number of benzene rings is 1. The maximum Gasteiger partial charge on any atom is 0.339 e. The molecule has 0 amide bonds. The van der Waals surface area contributed by atoms with E-state index in [1.807, 2.05) is 0 Å². The van der Waals surface area contributed by atoms with Gasteiger partial charge in [-0.25, -0.2) is 4.79 Å². The first-order valence-corrected chi connectivity index (χ1v) is 3.51. The molecule has 8 heteroatoms. The second-order valence-electron chi connectivity index (χ2n) is 1.99. The number of rotatable bonds is 1. The van der Waals surface area contributed by atoms with Gasteiger partial charge in [-0.15, -0.1) is 12.4 Å². The van der Waals surface area contributed by atoms with Crippen molar-refractivity contribution in [1.82, 2.24) is 0 Å². The molecule has 0 atom stereocenters. The second kappa shape index (κ2) is 13.9. The van der Waals surface area contributed by atoms with Gasteiger partial charge < -0.3 is 4.74 Å². The Labute approximate surface area is 102 Å². The van der Waals surface area contributed by atoms with Crippen LogP contribution in [0.3, 0.4) is 0 Å². The number of carbonyl (C=O) groups excluding carboxylic acids is 1. The highest BCUT2D eigenvalue weighted by Gasteiger charge is 2.07. The standard InChI is InChI=1S/C8H7O2S.ClH.4FH/c1-10-8(9)6-4-2-3-5-7(6)11;;;;;/h2-5H,1H3;5*1H. The molecule has 0 saturated carbocycles. The van der Waals surface area contributed by atoms with Crippen molar-refractivity contribution in [2.24, 2.45) is 0 Å². The van der Waals surface area contributed by atoms with Gasteiger partial charge in [0, 0.05) is 0 Å². The first kappa shape index (κ1) is 29.4. The van der Waals surface area contributed by atoms with E-state index in [1.165, 1.54) is 7.11 Å². The zero-order valence-corrected chi connectivity index (χ0v) is 9.71. The van der Waals surface area contributed by atoms with Crippen molar-refractivity contribution >= 4 is 31.0 Å². The molecule has 1 rings (SSSR count). The molecule has 1 radical (unpaired) electrons. The van der Waals surface area contributed by atoms with Gasteiger partial charge in [0.15, 0.2) is 0 Å². The number of ether oxygens (including phenoxy) is 1. The fourth-order valence-corrected chi connectivity index (χ4v) is 0.975. The van der Waals surface area contributed by atoms with E-state index in [9.17, 15) is 4.79 Å². The van der Waals surface area contributed by atoms with Crippen molar-refractivity contribution in [1.29, 1.82) is 0 Å². The Morgan fingerprint density at radius 3 is 1.94 bits per heavy atom. The van der Waals surface area contributed by atoms with E-state index in [0.29, 0.717) is 10.5 Å². The number of hydrogen-bond donors (Lipinski definition) is 0. The van der Waals surface area contributed by atoms with Gasteiger partial charge in [-0.05, 0) is 12.1 Å². The van der Waals surface area contributed by atoms with Gasteiger partial charge in [-0.3, -0.25) is 18.8 Å². The van der Waals surface area contributed by atoms with E-state index in [1.54, 1.807) is 24.3 Å². The van der Waals surface area contributed by atoms with Crippen LogP contribution in [0.2, 0.25) is 0 Å². The van der Waals surface area contributed by atoms with E-state index < -0.39 is 0 Å². The molecule has 0 saturated heterocycles. The van der Waals surface area contributed by atoms with Gasteiger partial charge in [0.25, 0.3) is 0 Å². The Morgan fingerprint density at radius 2 is 1.56 bits per heavy atom. The Balaban J connectivity index is -0.0000000807. The van der Waals surface area contributed by atoms with Crippen molar-refractivity contribution in [2.75, 3.05) is 7.11 Å². The lowest BCUT2D eigenvalue weighted by atomic mass is 10.2. The predicted molar refractivity (Wildman–Crippen MR) is 60.9 cm³/mol. The number of methoxy groups -OCH3 is 1. The van der Waals surface area contributed by atoms with Crippen LogP contribution < -0.4 is 0 Å². The lowest BCUT2D eigenvalue weighted by Crippen LogP contribution is -2.01. The molecule has 0 bridgehead atoms. The van der Waals surface area contributed by atoms with Crippen LogP contribution in [0.25, 0.3) is 0 Å². The third kappa shape index (κ3) is 7.24. The maximum absolute atomic E-state index is 10.9. The van der Waals surface area contributed by atoms with E-state index in [0.717, 1.165) is 0 Å². The molecule has 1 aromatic carbocycles. The van der Waals surface area contributed by atoms with Crippen LogP contribution in [0.5, 0.6) is 0 Å². The Kier molecular flexibility index (Phi) is 25.6. The Bertz CT molecular complexity index is 288. The molecule has 16 heavy (non-hydrogen) atoms. The van der Waals surface area contributed by atoms with Crippen LogP contribution in [0, 0.1) is 0 Å². The van der Waals surface area contributed by atoms with Crippen molar-refractivity contribution in [2.45, 2.75) is 4.90 Å². The summed E-state index contributed by atoms with van der Waals surface area (Å²) in [6, 6.07) is 6.88. The lowest BCUT2D eigenvalue weighted by Gasteiger charge is -1.99. The van der Waals surface area contributed by atoms with Crippen LogP contribution in [0.15, 0.2) is 29.2 Å². The molecule has 1 aromatic rings. The minimum atomic E-state index is -0.379. The molecule has 0 N–H and O–H groups in total. The van der Waals surface area contributed by atoms with Gasteiger partial charge in [-0.1, -0.05) is 24.8 Å². The molecule has 0 spiro atoms. The van der Waals surface area contributed by atoms with Gasteiger partial charge in [0.05, 0.1) is 17.6 Å². The highest BCUT2D eigenvalue weighted by molar-refractivity contribution is 7.80. The summed E-state index contributed by atoms with van der Waals surface area (Å²) in [5, 5.41) is 0. The number of carbonyl (C=O) groups is 1. The van der Waals surface area contributed by atoms with Crippen LogP contribution in [0.1, 0.15) is 10.4 Å². The number of hydrogen-bond acceptors (Lipinski definition) is 2. The molecule has 0 aliphatic heterocycles. The van der Waals surface area contributed by atoms with Crippen molar-refractivity contribution in [3.63, 3.8) is 0 Å². The van der Waals surface area contributed by atoms with Gasteiger partial charge in [0.2, 0.25) is 0 Å². The number of esters is 1. The van der Waals surface area contributed by atoms with Crippen LogP contribution in [-0.2, 0) is 4.74 Å². The smallest absolute Gasteiger partial charge is 0.339 e. The Morgan fingerprint density at radius 1 is 1.12 bits per heavy atom. The zero-order valence-electron chi connectivity index (χ0n) is 8.08. The third-order valence-electron chi connectivity index (χ3n) is 1.29. The molecule has 2 nitrogen and oxygen atoms in total. The van der Waals surface area contributed by atoms with Crippen molar-refractivity contribution in [3.05, 3.63) is 29.8 Å². The molecule has 0 aliphatic carbocycles. The van der Waals surface area contributed by atoms with Crippen molar-refractivity contribution in [3.8, 4) is 0 Å². The van der Waals surface area contributed by atoms with E-state index in [4.69, 9.17) is 12.6 Å². The fourth-order valence-electron chi connectivity index (χ4n) is 0.745. The Hall–Kier alpha value is -1.08. The van der Waals surface area contributed by atoms with E-state index >= 15 is 0 Å². The topological polar surface area (TPSA) is 26.3 Å². The summed E-state index contributed by atoms with van der Waals surface area (Å²) in [5.41, 5.74) is 0.449. The van der Waals surface area contributed by atoms with Crippen LogP contribution >= 0.6 is 25.0 Å². The van der Waals surface area contributed by atoms with Crippen LogP contribution in [-0.4, -0.2) is 13.1 Å². The molecule has 0 unspecified atom stereocenters. The summed E-state index contributed by atoms with van der Waals surface area (Å²) >= 11 is 4.89. The van der Waals surface area contributed by atoms with Crippen LogP contribution in [0.4, 0.5) is 18.8 Å². The minimum absolute atomic E-state index is 0. The van der Waals surface area contributed by atoms with Crippen molar-refractivity contribution < 1.29 is 28.3 Å². The highest BCUT2D eigenvalue weighted by atomic mass is 35.5. The maximum atomic E-state index is 10.9. The fraction of sp³-hybridized carbons (Fsp3) is 0.125. The zero-order chi connectivity index (χ0) is 8.27. The molecule has 0 fully saturated rings. The molecule has 97 valence electrons. The summed E-state index contributed by atoms with van der Waals surface area (Å²) in [6.07, 6.45) is 0. The average molecular weight is 284 g/mol. The quantitative estimate of drug-likeness (QED) is 0.585. The third-order valence-corrected chi connectivity index (χ3v) is 1.65. The van der Waals surface area contributed by atoms with Gasteiger partial charge in [0.1, 0.15) is 0 Å². The summed E-state index contributed by atoms with van der Waals surface area (Å²) in [7, 11) is 1.34. The summed E-state index contributed by atoms with van der Waals surface area (Å²) < 4.78 is 4.51. The summed E-state index contributed by atoms with van der Waals surface area (Å²) in [5.74, 6) is -0.379. The summed E-state index contributed by atoms with van der Waals surface area (Å²) in [6.45, 7) is 0. The minimum Gasteiger partial charge on any atom is -0.465 e. The first-order valence-electron chi connectivity index (χ1n) is 3.10. The van der Waals surface area contributed by atoms with Gasteiger partial charge >= 0.3 is 5.97 Å². The number of halogens is 5. The molecular weight excluding hydrogens is 272 g/mol. The molecule has 0 aromatic heterocycles. The average Bonchev–Trinajstić information content (AvgIpc) is 2.04. The van der Waals surface area contributed by atoms with E-state index in [-0.39, 0.29) is 37.2 Å². The van der Waals surface area contributed by atoms with E-state index in [2.05, 4.69) is 4.74 Å². The molecule has 0 heterocycles. The largest absolute Gasteiger partial charge is 0.465 e. The monoisotopic (exact) mass is 283 g/mol. The first-order chi connectivity index (χ1) is 5.25. The normalized spacial score (nSPS) is 6.31. The predicted octanol–water partition coefficient (Wildman–Crippen LogP) is 3.06.